The Bertz CT molecular complexity index is 500. The largest absolute Gasteiger partial charge is 0.381 e. The van der Waals surface area contributed by atoms with Crippen molar-refractivity contribution in [1.29, 1.82) is 0 Å². The molecule has 5 nitrogen and oxygen atoms in total. The van der Waals surface area contributed by atoms with Gasteiger partial charge in [-0.15, -0.1) is 5.10 Å². The third kappa shape index (κ3) is 3.43. The first kappa shape index (κ1) is 13.3. The molecule has 2 heterocycles. The van der Waals surface area contributed by atoms with E-state index in [0.717, 1.165) is 42.7 Å². The van der Waals surface area contributed by atoms with E-state index in [4.69, 9.17) is 4.74 Å². The van der Waals surface area contributed by atoms with Gasteiger partial charge in [-0.2, -0.15) is 4.98 Å². The lowest BCUT2D eigenvalue weighted by molar-refractivity contribution is 0.134. The Hall–Kier alpha value is -1.14. The highest BCUT2D eigenvalue weighted by Gasteiger charge is 2.04. The first-order valence-electron chi connectivity index (χ1n) is 6.13. The summed E-state index contributed by atoms with van der Waals surface area (Å²) in [4.78, 5) is 4.40. The number of hydrogen-bond donors (Lipinski definition) is 1. The van der Waals surface area contributed by atoms with Gasteiger partial charge in [-0.3, -0.25) is 0 Å². The fourth-order valence-electron chi connectivity index (χ4n) is 1.57. The van der Waals surface area contributed by atoms with Crippen LogP contribution in [0.15, 0.2) is 22.8 Å². The third-order valence-corrected chi connectivity index (χ3v) is 3.03. The number of fused-ring (bicyclic) bond motifs is 1. The van der Waals surface area contributed by atoms with Crippen LogP contribution >= 0.6 is 15.9 Å². The topological polar surface area (TPSA) is 51.5 Å². The molecule has 0 amide bonds. The number of ether oxygens (including phenoxy) is 1. The van der Waals surface area contributed by atoms with Gasteiger partial charge in [0.1, 0.15) is 0 Å². The van der Waals surface area contributed by atoms with Crippen LogP contribution < -0.4 is 5.32 Å². The van der Waals surface area contributed by atoms with Crippen molar-refractivity contribution < 1.29 is 4.74 Å². The lowest BCUT2D eigenvalue weighted by Gasteiger charge is -2.02. The van der Waals surface area contributed by atoms with Crippen molar-refractivity contribution in [1.82, 2.24) is 14.6 Å². The molecule has 0 atom stereocenters. The Morgan fingerprint density at radius 3 is 3.11 bits per heavy atom. The summed E-state index contributed by atoms with van der Waals surface area (Å²) in [6, 6.07) is 3.88. The highest BCUT2D eigenvalue weighted by Crippen LogP contribution is 2.16. The maximum absolute atomic E-state index is 5.41. The van der Waals surface area contributed by atoms with Gasteiger partial charge in [0.05, 0.1) is 4.47 Å². The van der Waals surface area contributed by atoms with Crippen LogP contribution in [0, 0.1) is 0 Å². The summed E-state index contributed by atoms with van der Waals surface area (Å²) in [5.41, 5.74) is 0.822. The van der Waals surface area contributed by atoms with E-state index in [1.54, 1.807) is 4.52 Å². The summed E-state index contributed by atoms with van der Waals surface area (Å²) in [7, 11) is 0. The third-order valence-electron chi connectivity index (χ3n) is 2.41. The molecule has 2 aromatic rings. The molecule has 0 aliphatic heterocycles. The second kappa shape index (κ2) is 6.70. The molecular formula is C12H17BrN4O. The van der Waals surface area contributed by atoms with Crippen LogP contribution in [-0.2, 0) is 4.74 Å². The van der Waals surface area contributed by atoms with Gasteiger partial charge in [0.15, 0.2) is 5.65 Å². The maximum atomic E-state index is 5.41. The van der Waals surface area contributed by atoms with Gasteiger partial charge in [-0.05, 0) is 40.9 Å². The molecule has 2 rings (SSSR count). The lowest BCUT2D eigenvalue weighted by Crippen LogP contribution is -2.07. The SMILES string of the molecule is CCCOCCCNc1nc2c(Br)cccn2n1. The Morgan fingerprint density at radius 1 is 1.44 bits per heavy atom. The number of pyridine rings is 1. The first-order chi connectivity index (χ1) is 8.81. The monoisotopic (exact) mass is 312 g/mol. The molecular weight excluding hydrogens is 296 g/mol. The zero-order valence-corrected chi connectivity index (χ0v) is 12.0. The number of anilines is 1. The average Bonchev–Trinajstić information content (AvgIpc) is 2.78. The smallest absolute Gasteiger partial charge is 0.243 e. The quantitative estimate of drug-likeness (QED) is 0.799. The zero-order chi connectivity index (χ0) is 12.8. The molecule has 0 aliphatic rings. The molecule has 0 spiro atoms. The van der Waals surface area contributed by atoms with E-state index in [1.165, 1.54) is 0 Å². The van der Waals surface area contributed by atoms with Crippen molar-refractivity contribution in [3.8, 4) is 0 Å². The van der Waals surface area contributed by atoms with Crippen molar-refractivity contribution in [3.63, 3.8) is 0 Å². The first-order valence-corrected chi connectivity index (χ1v) is 6.93. The summed E-state index contributed by atoms with van der Waals surface area (Å²) in [6.45, 7) is 4.53. The molecule has 0 radical (unpaired) electrons. The Labute approximate surface area is 115 Å². The fraction of sp³-hybridized carbons (Fsp3) is 0.500. The molecule has 0 saturated carbocycles. The average molecular weight is 313 g/mol. The molecule has 2 aromatic heterocycles. The number of halogens is 1. The number of hydrogen-bond acceptors (Lipinski definition) is 4. The Balaban J connectivity index is 1.83. The molecule has 0 aromatic carbocycles. The summed E-state index contributed by atoms with van der Waals surface area (Å²) in [5, 5.41) is 7.53. The predicted octanol–water partition coefficient (Wildman–Crippen LogP) is 2.72. The van der Waals surface area contributed by atoms with E-state index in [1.807, 2.05) is 18.3 Å². The van der Waals surface area contributed by atoms with Crippen molar-refractivity contribution in [2.75, 3.05) is 25.1 Å². The standard InChI is InChI=1S/C12H17BrN4O/c1-2-8-18-9-4-6-14-12-15-11-10(13)5-3-7-17(11)16-12/h3,5,7H,2,4,6,8-9H2,1H3,(H,14,16). The van der Waals surface area contributed by atoms with E-state index in [-0.39, 0.29) is 0 Å². The second-order valence-corrected chi connectivity index (χ2v) is 4.81. The van der Waals surface area contributed by atoms with Crippen LogP contribution in [0.5, 0.6) is 0 Å². The van der Waals surface area contributed by atoms with Gasteiger partial charge < -0.3 is 10.1 Å². The minimum atomic E-state index is 0.650. The van der Waals surface area contributed by atoms with Crippen molar-refractivity contribution >= 4 is 27.5 Å². The van der Waals surface area contributed by atoms with Crippen LogP contribution in [0.3, 0.4) is 0 Å². The molecule has 1 N–H and O–H groups in total. The molecule has 18 heavy (non-hydrogen) atoms. The minimum absolute atomic E-state index is 0.650. The van der Waals surface area contributed by atoms with Crippen LogP contribution in [0.2, 0.25) is 0 Å². The van der Waals surface area contributed by atoms with E-state index in [2.05, 4.69) is 38.3 Å². The number of aromatic nitrogens is 3. The highest BCUT2D eigenvalue weighted by molar-refractivity contribution is 9.10. The fourth-order valence-corrected chi connectivity index (χ4v) is 1.99. The van der Waals surface area contributed by atoms with E-state index < -0.39 is 0 Å². The normalized spacial score (nSPS) is 11.0. The molecule has 6 heteroatoms. The summed E-state index contributed by atoms with van der Waals surface area (Å²) in [6.07, 6.45) is 3.90. The van der Waals surface area contributed by atoms with Gasteiger partial charge >= 0.3 is 0 Å². The van der Waals surface area contributed by atoms with E-state index in [9.17, 15) is 0 Å². The Morgan fingerprint density at radius 2 is 2.33 bits per heavy atom. The molecule has 0 unspecified atom stereocenters. The Kier molecular flexibility index (Phi) is 4.95. The van der Waals surface area contributed by atoms with Crippen molar-refractivity contribution in [2.24, 2.45) is 0 Å². The van der Waals surface area contributed by atoms with Gasteiger partial charge in [-0.25, -0.2) is 4.52 Å². The van der Waals surface area contributed by atoms with Gasteiger partial charge in [-0.1, -0.05) is 6.92 Å². The summed E-state index contributed by atoms with van der Waals surface area (Å²) in [5.74, 6) is 0.650. The van der Waals surface area contributed by atoms with Gasteiger partial charge in [0.2, 0.25) is 5.95 Å². The van der Waals surface area contributed by atoms with Crippen LogP contribution in [0.4, 0.5) is 5.95 Å². The molecule has 0 bridgehead atoms. The predicted molar refractivity (Wildman–Crippen MR) is 74.9 cm³/mol. The maximum Gasteiger partial charge on any atom is 0.243 e. The zero-order valence-electron chi connectivity index (χ0n) is 10.4. The summed E-state index contributed by atoms with van der Waals surface area (Å²) < 4.78 is 8.10. The molecule has 0 fully saturated rings. The highest BCUT2D eigenvalue weighted by atomic mass is 79.9. The van der Waals surface area contributed by atoms with Crippen LogP contribution in [0.1, 0.15) is 19.8 Å². The van der Waals surface area contributed by atoms with Crippen molar-refractivity contribution in [3.05, 3.63) is 22.8 Å². The van der Waals surface area contributed by atoms with Gasteiger partial charge in [0, 0.05) is 26.0 Å². The molecule has 98 valence electrons. The number of nitrogens with zero attached hydrogens (tertiary/aromatic N) is 3. The molecule has 0 aliphatic carbocycles. The second-order valence-electron chi connectivity index (χ2n) is 3.95. The minimum Gasteiger partial charge on any atom is -0.381 e. The van der Waals surface area contributed by atoms with Crippen molar-refractivity contribution in [2.45, 2.75) is 19.8 Å². The molecule has 0 saturated heterocycles. The van der Waals surface area contributed by atoms with E-state index in [0.29, 0.717) is 5.95 Å². The summed E-state index contributed by atoms with van der Waals surface area (Å²) >= 11 is 3.45. The lowest BCUT2D eigenvalue weighted by atomic mass is 10.4. The van der Waals surface area contributed by atoms with Gasteiger partial charge in [0.25, 0.3) is 0 Å². The van der Waals surface area contributed by atoms with Crippen LogP contribution in [-0.4, -0.2) is 34.4 Å². The van der Waals surface area contributed by atoms with E-state index >= 15 is 0 Å². The number of rotatable bonds is 7. The number of nitrogens with one attached hydrogen (secondary N) is 1. The van der Waals surface area contributed by atoms with Crippen LogP contribution in [0.25, 0.3) is 5.65 Å².